The van der Waals surface area contributed by atoms with Crippen LogP contribution in [0, 0.1) is 11.7 Å². The van der Waals surface area contributed by atoms with Crippen molar-refractivity contribution in [2.75, 3.05) is 19.6 Å². The van der Waals surface area contributed by atoms with Crippen molar-refractivity contribution in [1.82, 2.24) is 4.90 Å². The van der Waals surface area contributed by atoms with Crippen LogP contribution >= 0.6 is 0 Å². The molecule has 1 aliphatic heterocycles. The molecule has 0 bridgehead atoms. The van der Waals surface area contributed by atoms with Crippen LogP contribution in [0.2, 0.25) is 0 Å². The first-order chi connectivity index (χ1) is 9.19. The van der Waals surface area contributed by atoms with E-state index < -0.39 is 0 Å². The number of benzene rings is 1. The molecule has 1 saturated heterocycles. The van der Waals surface area contributed by atoms with Crippen molar-refractivity contribution in [3.63, 3.8) is 0 Å². The van der Waals surface area contributed by atoms with Gasteiger partial charge in [0.2, 0.25) is 0 Å². The highest BCUT2D eigenvalue weighted by Crippen LogP contribution is 2.16. The smallest absolute Gasteiger partial charge is 0.410 e. The second-order valence-electron chi connectivity index (χ2n) is 4.85. The number of hydrogen-bond acceptors (Lipinski definition) is 3. The van der Waals surface area contributed by atoms with Crippen molar-refractivity contribution in [3.8, 4) is 0 Å². The number of carbonyl (C=O) groups is 1. The summed E-state index contributed by atoms with van der Waals surface area (Å²) in [4.78, 5) is 13.5. The first kappa shape index (κ1) is 13.8. The molecule has 1 aliphatic rings. The Bertz CT molecular complexity index is 414. The molecule has 104 valence electrons. The average Bonchev–Trinajstić information content (AvgIpc) is 2.46. The molecule has 2 rings (SSSR count). The predicted molar refractivity (Wildman–Crippen MR) is 69.9 cm³/mol. The Morgan fingerprint density at radius 3 is 2.53 bits per heavy atom. The number of carbonyl (C=O) groups excluding carboxylic acids is 1. The number of hydrogen-bond donors (Lipinski definition) is 1. The minimum atomic E-state index is -0.306. The summed E-state index contributed by atoms with van der Waals surface area (Å²) < 4.78 is 17.9. The predicted octanol–water partition coefficient (Wildman–Crippen LogP) is 2.13. The fourth-order valence-corrected chi connectivity index (χ4v) is 2.17. The highest BCUT2D eigenvalue weighted by molar-refractivity contribution is 5.67. The van der Waals surface area contributed by atoms with Crippen LogP contribution in [0.3, 0.4) is 0 Å². The van der Waals surface area contributed by atoms with Gasteiger partial charge in [0, 0.05) is 13.1 Å². The molecule has 5 heteroatoms. The van der Waals surface area contributed by atoms with E-state index in [1.165, 1.54) is 12.1 Å². The summed E-state index contributed by atoms with van der Waals surface area (Å²) in [5, 5.41) is 0. The summed E-state index contributed by atoms with van der Waals surface area (Å²) in [5.74, 6) is 0.222. The number of amides is 1. The average molecular weight is 266 g/mol. The summed E-state index contributed by atoms with van der Waals surface area (Å²) in [7, 11) is 0. The second-order valence-corrected chi connectivity index (χ2v) is 4.85. The normalized spacial score (nSPS) is 16.4. The van der Waals surface area contributed by atoms with Crippen LogP contribution in [-0.4, -0.2) is 30.6 Å². The van der Waals surface area contributed by atoms with E-state index >= 15 is 0 Å². The Morgan fingerprint density at radius 2 is 1.95 bits per heavy atom. The molecular formula is C14H19FN2O2. The Hall–Kier alpha value is -1.62. The molecule has 1 amide bonds. The number of nitrogens with zero attached hydrogens (tertiary/aromatic N) is 1. The van der Waals surface area contributed by atoms with E-state index in [-0.39, 0.29) is 18.5 Å². The standard InChI is InChI=1S/C14H19FN2O2/c15-13-3-1-12(2-4-13)10-19-14(18)17-7-5-11(9-16)6-8-17/h1-4,11H,5-10,16H2. The van der Waals surface area contributed by atoms with E-state index in [9.17, 15) is 9.18 Å². The van der Waals surface area contributed by atoms with Gasteiger partial charge >= 0.3 is 6.09 Å². The van der Waals surface area contributed by atoms with E-state index in [1.807, 2.05) is 0 Å². The maximum absolute atomic E-state index is 12.7. The maximum atomic E-state index is 12.7. The van der Waals surface area contributed by atoms with Crippen LogP contribution in [0.1, 0.15) is 18.4 Å². The second kappa shape index (κ2) is 6.52. The first-order valence-electron chi connectivity index (χ1n) is 6.55. The summed E-state index contributed by atoms with van der Waals surface area (Å²) in [6.45, 7) is 2.25. The van der Waals surface area contributed by atoms with Gasteiger partial charge in [-0.2, -0.15) is 0 Å². The van der Waals surface area contributed by atoms with Crippen LogP contribution in [0.4, 0.5) is 9.18 Å². The van der Waals surface area contributed by atoms with Gasteiger partial charge in [-0.15, -0.1) is 0 Å². The van der Waals surface area contributed by atoms with E-state index in [1.54, 1.807) is 17.0 Å². The number of ether oxygens (including phenoxy) is 1. The monoisotopic (exact) mass is 266 g/mol. The zero-order chi connectivity index (χ0) is 13.7. The number of nitrogens with two attached hydrogens (primary N) is 1. The number of halogens is 1. The van der Waals surface area contributed by atoms with Gasteiger partial charge in [0.05, 0.1) is 0 Å². The first-order valence-corrected chi connectivity index (χ1v) is 6.55. The molecule has 0 radical (unpaired) electrons. The molecular weight excluding hydrogens is 247 g/mol. The van der Waals surface area contributed by atoms with Crippen LogP contribution in [0.5, 0.6) is 0 Å². The lowest BCUT2D eigenvalue weighted by molar-refractivity contribution is 0.0829. The van der Waals surface area contributed by atoms with Gasteiger partial charge in [0.1, 0.15) is 12.4 Å². The van der Waals surface area contributed by atoms with E-state index in [4.69, 9.17) is 10.5 Å². The van der Waals surface area contributed by atoms with Crippen LogP contribution in [-0.2, 0) is 11.3 Å². The molecule has 0 saturated carbocycles. The zero-order valence-electron chi connectivity index (χ0n) is 10.8. The molecule has 19 heavy (non-hydrogen) atoms. The van der Waals surface area contributed by atoms with Gasteiger partial charge in [-0.1, -0.05) is 12.1 Å². The van der Waals surface area contributed by atoms with E-state index in [0.29, 0.717) is 25.6 Å². The molecule has 1 aromatic carbocycles. The van der Waals surface area contributed by atoms with Gasteiger partial charge in [0.15, 0.2) is 0 Å². The molecule has 0 atom stereocenters. The highest BCUT2D eigenvalue weighted by Gasteiger charge is 2.22. The molecule has 0 aliphatic carbocycles. The van der Waals surface area contributed by atoms with Gasteiger partial charge in [-0.05, 0) is 43.0 Å². The quantitative estimate of drug-likeness (QED) is 0.911. The molecule has 2 N–H and O–H groups in total. The molecule has 0 spiro atoms. The van der Waals surface area contributed by atoms with Crippen molar-refractivity contribution in [2.24, 2.45) is 11.7 Å². The summed E-state index contributed by atoms with van der Waals surface area (Å²) >= 11 is 0. The van der Waals surface area contributed by atoms with Gasteiger partial charge in [0.25, 0.3) is 0 Å². The van der Waals surface area contributed by atoms with Gasteiger partial charge < -0.3 is 15.4 Å². The number of piperidine rings is 1. The van der Waals surface area contributed by atoms with E-state index in [2.05, 4.69) is 0 Å². The summed E-state index contributed by atoms with van der Waals surface area (Å²) in [5.41, 5.74) is 6.39. The van der Waals surface area contributed by atoms with Crippen molar-refractivity contribution in [1.29, 1.82) is 0 Å². The minimum Gasteiger partial charge on any atom is -0.445 e. The molecule has 0 aromatic heterocycles. The Labute approximate surface area is 112 Å². The van der Waals surface area contributed by atoms with Gasteiger partial charge in [-0.25, -0.2) is 9.18 Å². The third kappa shape index (κ3) is 3.92. The SMILES string of the molecule is NCC1CCN(C(=O)OCc2ccc(F)cc2)CC1. The molecule has 0 unspecified atom stereocenters. The van der Waals surface area contributed by atoms with Crippen LogP contribution in [0.15, 0.2) is 24.3 Å². The lowest BCUT2D eigenvalue weighted by Crippen LogP contribution is -2.40. The lowest BCUT2D eigenvalue weighted by atomic mass is 9.97. The fraction of sp³-hybridized carbons (Fsp3) is 0.500. The molecule has 1 fully saturated rings. The highest BCUT2D eigenvalue weighted by atomic mass is 19.1. The van der Waals surface area contributed by atoms with Gasteiger partial charge in [-0.3, -0.25) is 0 Å². The maximum Gasteiger partial charge on any atom is 0.410 e. The third-order valence-corrected chi connectivity index (χ3v) is 3.48. The zero-order valence-corrected chi connectivity index (χ0v) is 10.8. The third-order valence-electron chi connectivity index (χ3n) is 3.48. The van der Waals surface area contributed by atoms with Crippen LogP contribution < -0.4 is 5.73 Å². The largest absolute Gasteiger partial charge is 0.445 e. The molecule has 4 nitrogen and oxygen atoms in total. The topological polar surface area (TPSA) is 55.6 Å². The minimum absolute atomic E-state index is 0.177. The molecule has 1 aromatic rings. The van der Waals surface area contributed by atoms with E-state index in [0.717, 1.165) is 18.4 Å². The number of likely N-dealkylation sites (tertiary alicyclic amines) is 1. The van der Waals surface area contributed by atoms with Crippen molar-refractivity contribution in [3.05, 3.63) is 35.6 Å². The summed E-state index contributed by atoms with van der Waals surface area (Å²) in [6, 6.07) is 5.94. The lowest BCUT2D eigenvalue weighted by Gasteiger charge is -2.30. The number of rotatable bonds is 3. The van der Waals surface area contributed by atoms with Crippen molar-refractivity contribution in [2.45, 2.75) is 19.4 Å². The fourth-order valence-electron chi connectivity index (χ4n) is 2.17. The summed E-state index contributed by atoms with van der Waals surface area (Å²) in [6.07, 6.45) is 1.56. The van der Waals surface area contributed by atoms with Crippen LogP contribution in [0.25, 0.3) is 0 Å². The Morgan fingerprint density at radius 1 is 1.32 bits per heavy atom. The Kier molecular flexibility index (Phi) is 4.74. The van der Waals surface area contributed by atoms with Crippen molar-refractivity contribution < 1.29 is 13.9 Å². The van der Waals surface area contributed by atoms with Crippen molar-refractivity contribution >= 4 is 6.09 Å². The molecule has 1 heterocycles. The Balaban J connectivity index is 1.77.